The summed E-state index contributed by atoms with van der Waals surface area (Å²) in [5, 5.41) is 48.1. The monoisotopic (exact) mass is 1390 g/mol. The van der Waals surface area contributed by atoms with Crippen molar-refractivity contribution < 1.29 is 88.0 Å². The van der Waals surface area contributed by atoms with Crippen LogP contribution in [-0.2, 0) is 0 Å². The highest BCUT2D eigenvalue weighted by molar-refractivity contribution is 6.35. The molecule has 492 valence electrons. The Morgan fingerprint density at radius 2 is 0.812 bits per heavy atom. The van der Waals surface area contributed by atoms with Gasteiger partial charge in [-0.05, 0) is 93.6 Å². The molecule has 3 aromatic heterocycles. The van der Waals surface area contributed by atoms with Crippen LogP contribution in [-0.4, -0.2) is 75.5 Å². The lowest BCUT2D eigenvalue weighted by atomic mass is 10.1. The molecule has 6 amide bonds. The van der Waals surface area contributed by atoms with E-state index in [1.54, 1.807) is 49.7 Å². The van der Waals surface area contributed by atoms with E-state index in [-0.39, 0.29) is 83.9 Å². The fourth-order valence-corrected chi connectivity index (χ4v) is 8.73. The number of pyridine rings is 1. The number of rotatable bonds is 13. The van der Waals surface area contributed by atoms with Gasteiger partial charge in [-0.3, -0.25) is 33.8 Å². The molecular weight excluding hydrogens is 1350 g/mol. The Morgan fingerprint density at radius 3 is 1.25 bits per heavy atom. The molecular formula is C63H40Cl3F10N11O9. The third kappa shape index (κ3) is 16.6. The second kappa shape index (κ2) is 30.0. The van der Waals surface area contributed by atoms with E-state index in [0.29, 0.717) is 17.6 Å². The molecule has 0 atom stereocenters. The number of anilines is 6. The number of aromatic nitrogens is 5. The molecule has 0 aliphatic rings. The summed E-state index contributed by atoms with van der Waals surface area (Å²) in [5.41, 5.74) is -0.923. The Balaban J connectivity index is 0.000000185. The van der Waals surface area contributed by atoms with E-state index in [1.165, 1.54) is 30.7 Å². The molecule has 20 nitrogen and oxygen atoms in total. The first-order valence-corrected chi connectivity index (χ1v) is 27.9. The van der Waals surface area contributed by atoms with Crippen molar-refractivity contribution in [1.82, 2.24) is 24.7 Å². The SMILES string of the molecule is Cc1cc(C(=O)Nc2cc(Cl)c(NC(=O)c3cc(F)c(F)c(F)c3F)cc2O)nn1-c1ccccc1.Cc1ccc(C(=O)Nc2cc(Cl)c(NC(=O)c3ccc(F)cc3F)cc2O)cn1.Cc1ncc(C(=O)Nc2cc(Cl)c(NC(=O)c3cc(F)c(F)c(F)c3F)cc2O)cn1. The van der Waals surface area contributed by atoms with Crippen LogP contribution in [0.3, 0.4) is 0 Å². The van der Waals surface area contributed by atoms with Gasteiger partial charge in [0.2, 0.25) is 0 Å². The largest absolute Gasteiger partial charge is 0.506 e. The Hall–Kier alpha value is -11.6. The first-order chi connectivity index (χ1) is 45.4. The molecule has 10 aromatic rings. The number of phenols is 3. The van der Waals surface area contributed by atoms with E-state index in [4.69, 9.17) is 34.8 Å². The molecule has 0 spiro atoms. The normalized spacial score (nSPS) is 10.7. The number of amides is 6. The molecule has 0 aliphatic carbocycles. The third-order valence-corrected chi connectivity index (χ3v) is 13.9. The summed E-state index contributed by atoms with van der Waals surface area (Å²) < 4.78 is 136. The Morgan fingerprint density at radius 1 is 0.396 bits per heavy atom. The molecule has 9 N–H and O–H groups in total. The van der Waals surface area contributed by atoms with Crippen LogP contribution in [0.5, 0.6) is 17.2 Å². The highest BCUT2D eigenvalue weighted by atomic mass is 35.5. The minimum Gasteiger partial charge on any atom is -0.506 e. The van der Waals surface area contributed by atoms with E-state index in [2.05, 4.69) is 46.6 Å². The van der Waals surface area contributed by atoms with Gasteiger partial charge in [0.1, 0.15) is 34.7 Å². The van der Waals surface area contributed by atoms with Gasteiger partial charge in [-0.1, -0.05) is 53.0 Å². The number of benzene rings is 7. The lowest BCUT2D eigenvalue weighted by Gasteiger charge is -2.13. The first kappa shape index (κ1) is 70.2. The highest BCUT2D eigenvalue weighted by Crippen LogP contribution is 2.38. The number of hydrogen-bond donors (Lipinski definition) is 9. The minimum atomic E-state index is -2.16. The molecule has 3 heterocycles. The average molecular weight is 1390 g/mol. The van der Waals surface area contributed by atoms with Gasteiger partial charge in [-0.25, -0.2) is 58.6 Å². The van der Waals surface area contributed by atoms with Crippen molar-refractivity contribution in [3.63, 3.8) is 0 Å². The summed E-state index contributed by atoms with van der Waals surface area (Å²) in [4.78, 5) is 85.5. The maximum absolute atomic E-state index is 13.9. The van der Waals surface area contributed by atoms with Crippen LogP contribution in [0.1, 0.15) is 79.5 Å². The topological polar surface area (TPSA) is 292 Å². The van der Waals surface area contributed by atoms with Gasteiger partial charge < -0.3 is 47.2 Å². The summed E-state index contributed by atoms with van der Waals surface area (Å²) in [6, 6.07) is 23.0. The standard InChI is InChI=1S/C24H15ClF4N4O3.C20H14ClF2N3O3.C19H11ClF4N4O3/c1-11-7-18(32-33(11)12-5-3-2-4-6-12)24(36)31-17-9-14(25)16(10-19(17)34)30-23(35)13-8-15(26)21(28)22(29)20(13)27;1-10-2-3-11(9-24-10)19(28)26-17-7-14(21)16(8-18(17)27)25-20(29)13-5-4-12(22)6-15(13)23;1-7-25-5-8(6-26-7)18(30)28-13-3-10(20)12(4-14(13)29)27-19(31)9-2-11(21)16(23)17(24)15(9)22/h2-10,34H,1H3,(H,30,35)(H,31,36);2-9,27H,1H3,(H,25,29)(H,26,28);2-6,29H,1H3,(H,27,31)(H,28,30). The smallest absolute Gasteiger partial charge is 0.276 e. The van der Waals surface area contributed by atoms with Gasteiger partial charge in [0.15, 0.2) is 52.2 Å². The van der Waals surface area contributed by atoms with Gasteiger partial charge in [-0.2, -0.15) is 5.10 Å². The number of para-hydroxylation sites is 1. The van der Waals surface area contributed by atoms with Gasteiger partial charge in [0, 0.05) is 54.2 Å². The fourth-order valence-electron chi connectivity index (χ4n) is 8.10. The molecule has 0 aliphatic heterocycles. The molecule has 0 saturated carbocycles. The van der Waals surface area contributed by atoms with Crippen LogP contribution in [0.25, 0.3) is 5.69 Å². The van der Waals surface area contributed by atoms with E-state index in [0.717, 1.165) is 53.8 Å². The van der Waals surface area contributed by atoms with Crippen LogP contribution in [0, 0.1) is 78.9 Å². The van der Waals surface area contributed by atoms with Gasteiger partial charge in [-0.15, -0.1) is 0 Å². The van der Waals surface area contributed by atoms with Gasteiger partial charge in [0.05, 0.1) is 82.7 Å². The third-order valence-electron chi connectivity index (χ3n) is 13.0. The Bertz CT molecular complexity index is 4750. The van der Waals surface area contributed by atoms with Crippen LogP contribution in [0.2, 0.25) is 15.1 Å². The summed E-state index contributed by atoms with van der Waals surface area (Å²) in [5.74, 6) is -24.1. The number of aryl methyl sites for hydroxylation is 3. The highest BCUT2D eigenvalue weighted by Gasteiger charge is 2.27. The van der Waals surface area contributed by atoms with Crippen LogP contribution >= 0.6 is 34.8 Å². The number of nitrogens with one attached hydrogen (secondary N) is 6. The summed E-state index contributed by atoms with van der Waals surface area (Å²) in [7, 11) is 0. The van der Waals surface area contributed by atoms with Crippen molar-refractivity contribution in [2.45, 2.75) is 20.8 Å². The van der Waals surface area contributed by atoms with E-state index in [1.807, 2.05) is 23.5 Å². The average Bonchev–Trinajstić information content (AvgIpc) is 1.05. The predicted molar refractivity (Wildman–Crippen MR) is 330 cm³/mol. The van der Waals surface area contributed by atoms with E-state index < -0.39 is 122 Å². The Kier molecular flexibility index (Phi) is 21.9. The molecule has 96 heavy (non-hydrogen) atoms. The number of aromatic hydroxyl groups is 3. The number of nitrogens with zero attached hydrogens (tertiary/aromatic N) is 5. The zero-order chi connectivity index (χ0) is 70.1. The van der Waals surface area contributed by atoms with Gasteiger partial charge >= 0.3 is 0 Å². The van der Waals surface area contributed by atoms with Gasteiger partial charge in [0.25, 0.3) is 35.4 Å². The first-order valence-electron chi connectivity index (χ1n) is 26.8. The maximum atomic E-state index is 13.9. The number of halogens is 13. The maximum Gasteiger partial charge on any atom is 0.276 e. The molecule has 0 unspecified atom stereocenters. The van der Waals surface area contributed by atoms with Crippen molar-refractivity contribution >= 4 is 104 Å². The lowest BCUT2D eigenvalue weighted by Crippen LogP contribution is -2.17. The van der Waals surface area contributed by atoms with Crippen LogP contribution < -0.4 is 31.9 Å². The predicted octanol–water partition coefficient (Wildman–Crippen LogP) is 14.3. The second-order valence-electron chi connectivity index (χ2n) is 19.7. The summed E-state index contributed by atoms with van der Waals surface area (Å²) >= 11 is 18.2. The number of phenolic OH excluding ortho intramolecular Hbond substituents is 3. The molecule has 7 aromatic carbocycles. The zero-order valence-electron chi connectivity index (χ0n) is 48.6. The van der Waals surface area contributed by atoms with Crippen molar-refractivity contribution in [1.29, 1.82) is 0 Å². The fraction of sp³-hybridized carbons (Fsp3) is 0.0476. The molecule has 0 bridgehead atoms. The lowest BCUT2D eigenvalue weighted by molar-refractivity contribution is 0.101. The van der Waals surface area contributed by atoms with E-state index >= 15 is 0 Å². The quantitative estimate of drug-likeness (QED) is 0.0225. The van der Waals surface area contributed by atoms with Crippen LogP contribution in [0.4, 0.5) is 78.0 Å². The van der Waals surface area contributed by atoms with E-state index in [9.17, 15) is 88.0 Å². The zero-order valence-corrected chi connectivity index (χ0v) is 50.9. The molecule has 0 saturated heterocycles. The number of carbonyl (C=O) groups is 6. The van der Waals surface area contributed by atoms with Crippen molar-refractivity contribution in [3.05, 3.63) is 258 Å². The molecule has 33 heteroatoms. The summed E-state index contributed by atoms with van der Waals surface area (Å²) in [6.45, 7) is 5.16. The number of hydrogen-bond acceptors (Lipinski definition) is 13. The summed E-state index contributed by atoms with van der Waals surface area (Å²) in [6.07, 6.45) is 3.91. The van der Waals surface area contributed by atoms with Crippen molar-refractivity contribution in [2.75, 3.05) is 31.9 Å². The molecule has 10 rings (SSSR count). The van der Waals surface area contributed by atoms with Crippen molar-refractivity contribution in [2.24, 2.45) is 0 Å². The minimum absolute atomic E-state index is 0.00605. The number of carbonyl (C=O) groups excluding carboxylic acids is 6. The molecule has 0 fully saturated rings. The van der Waals surface area contributed by atoms with Crippen molar-refractivity contribution in [3.8, 4) is 22.9 Å². The Labute approximate surface area is 548 Å². The van der Waals surface area contributed by atoms with Crippen LogP contribution in [0.15, 0.2) is 134 Å². The molecule has 0 radical (unpaired) electrons. The second-order valence-corrected chi connectivity index (χ2v) is 20.9.